The Morgan fingerprint density at radius 1 is 1.17 bits per heavy atom. The predicted molar refractivity (Wildman–Crippen MR) is 104 cm³/mol. The maximum absolute atomic E-state index is 10.7. The van der Waals surface area contributed by atoms with Crippen LogP contribution in [0.2, 0.25) is 0 Å². The summed E-state index contributed by atoms with van der Waals surface area (Å²) in [7, 11) is -1.65. The van der Waals surface area contributed by atoms with E-state index in [9.17, 15) is 13.2 Å². The van der Waals surface area contributed by atoms with Gasteiger partial charge in [-0.05, 0) is 39.5 Å². The van der Waals surface area contributed by atoms with E-state index in [0.717, 1.165) is 0 Å². The average molecular weight is 442 g/mol. The van der Waals surface area contributed by atoms with E-state index in [4.69, 9.17) is 13.0 Å². The van der Waals surface area contributed by atoms with Crippen LogP contribution < -0.4 is 4.57 Å². The molecule has 1 aromatic rings. The minimum Gasteiger partial charge on any atom is -0.741 e. The van der Waals surface area contributed by atoms with Crippen molar-refractivity contribution in [2.45, 2.75) is 84.9 Å². The third kappa shape index (κ3) is 4.96. The largest absolute Gasteiger partial charge is 0.741 e. The number of hydrogen-bond acceptors (Lipinski definition) is 4. The van der Waals surface area contributed by atoms with Gasteiger partial charge in [0.15, 0.2) is 10.1 Å². The van der Waals surface area contributed by atoms with Gasteiger partial charge in [-0.25, -0.2) is 17.6 Å². The van der Waals surface area contributed by atoms with Crippen molar-refractivity contribution in [1.82, 2.24) is 9.47 Å². The van der Waals surface area contributed by atoms with Crippen molar-refractivity contribution >= 4 is 10.1 Å². The summed E-state index contributed by atoms with van der Waals surface area (Å²) in [6.07, 6.45) is 1.23. The molecule has 0 saturated carbocycles. The molecule has 29 heavy (non-hydrogen) atoms. The molecule has 1 aromatic heterocycles. The summed E-state index contributed by atoms with van der Waals surface area (Å²) in [4.78, 5) is 2.72. The molecular formula is C19H34F3N3O3S. The molecule has 170 valence electrons. The van der Waals surface area contributed by atoms with E-state index in [-0.39, 0.29) is 11.0 Å². The first-order chi connectivity index (χ1) is 12.7. The smallest absolute Gasteiger partial charge is 0.485 e. The number of hydrogen-bond donors (Lipinski definition) is 0. The van der Waals surface area contributed by atoms with Crippen molar-refractivity contribution < 1.29 is 30.7 Å². The highest BCUT2D eigenvalue weighted by Crippen LogP contribution is 2.54. The first kappa shape index (κ1) is 25.9. The van der Waals surface area contributed by atoms with E-state index < -0.39 is 15.6 Å². The summed E-state index contributed by atoms with van der Waals surface area (Å²) >= 11 is 0. The van der Waals surface area contributed by atoms with E-state index >= 15 is 0 Å². The van der Waals surface area contributed by atoms with Crippen molar-refractivity contribution in [2.24, 2.45) is 19.5 Å². The van der Waals surface area contributed by atoms with Crippen LogP contribution in [0.15, 0.2) is 0 Å². The monoisotopic (exact) mass is 441 g/mol. The molecule has 0 N–H and O–H groups in total. The molecule has 0 spiro atoms. The lowest BCUT2D eigenvalue weighted by molar-refractivity contribution is -0.688. The van der Waals surface area contributed by atoms with Crippen LogP contribution in [0, 0.1) is 19.3 Å². The first-order valence-electron chi connectivity index (χ1n) is 9.49. The second kappa shape index (κ2) is 7.85. The lowest BCUT2D eigenvalue weighted by Crippen LogP contribution is -2.49. The van der Waals surface area contributed by atoms with Crippen LogP contribution in [0.3, 0.4) is 0 Å². The summed E-state index contributed by atoms with van der Waals surface area (Å²) < 4.78 is 63.7. The number of rotatable bonds is 2. The number of aromatic nitrogens is 2. The molecule has 0 radical (unpaired) electrons. The molecule has 2 heterocycles. The quantitative estimate of drug-likeness (QED) is 0.400. The Kier molecular flexibility index (Phi) is 7.01. The second-order valence-electron chi connectivity index (χ2n) is 9.43. The lowest BCUT2D eigenvalue weighted by Gasteiger charge is -2.38. The van der Waals surface area contributed by atoms with Gasteiger partial charge in [0.05, 0.1) is 14.1 Å². The van der Waals surface area contributed by atoms with Crippen molar-refractivity contribution in [3.05, 3.63) is 17.2 Å². The molecular weight excluding hydrogens is 407 g/mol. The SMILES string of the molecule is Cc1c(C)[n+](C)c([C@@H]2N(C(C)C)C(C)(C)CC2(C)C)n1C.O=S(=O)([O-])C(F)(F)F. The molecule has 0 amide bonds. The van der Waals surface area contributed by atoms with Crippen LogP contribution in [0.4, 0.5) is 13.2 Å². The van der Waals surface area contributed by atoms with Crippen molar-refractivity contribution in [3.63, 3.8) is 0 Å². The Labute approximate surface area is 172 Å². The van der Waals surface area contributed by atoms with Gasteiger partial charge >= 0.3 is 5.51 Å². The summed E-state index contributed by atoms with van der Waals surface area (Å²) in [5, 5.41) is 0. The van der Waals surface area contributed by atoms with Gasteiger partial charge in [-0.1, -0.05) is 13.8 Å². The molecule has 10 heteroatoms. The van der Waals surface area contributed by atoms with Crippen LogP contribution >= 0.6 is 0 Å². The summed E-state index contributed by atoms with van der Waals surface area (Å²) in [5.74, 6) is 1.44. The fourth-order valence-corrected chi connectivity index (χ4v) is 4.92. The van der Waals surface area contributed by atoms with E-state index in [2.05, 4.69) is 83.5 Å². The van der Waals surface area contributed by atoms with Gasteiger partial charge in [0.2, 0.25) is 0 Å². The molecule has 0 aromatic carbocycles. The number of alkyl halides is 3. The molecule has 1 fully saturated rings. The van der Waals surface area contributed by atoms with Gasteiger partial charge in [-0.15, -0.1) is 0 Å². The molecule has 0 unspecified atom stereocenters. The van der Waals surface area contributed by atoms with Crippen LogP contribution in [-0.4, -0.2) is 39.5 Å². The van der Waals surface area contributed by atoms with Gasteiger partial charge in [-0.2, -0.15) is 13.2 Å². The molecule has 1 saturated heterocycles. The van der Waals surface area contributed by atoms with Crippen molar-refractivity contribution in [1.29, 1.82) is 0 Å². The highest BCUT2D eigenvalue weighted by molar-refractivity contribution is 7.86. The third-order valence-electron chi connectivity index (χ3n) is 5.91. The number of likely N-dealkylation sites (tertiary alicyclic amines) is 1. The zero-order valence-corrected chi connectivity index (χ0v) is 19.8. The maximum Gasteiger partial charge on any atom is 0.485 e. The summed E-state index contributed by atoms with van der Waals surface area (Å²) in [6, 6.07) is 0.997. The van der Waals surface area contributed by atoms with Gasteiger partial charge < -0.3 is 4.55 Å². The van der Waals surface area contributed by atoms with Gasteiger partial charge in [0, 0.05) is 25.4 Å². The number of halogens is 3. The molecule has 0 bridgehead atoms. The minimum atomic E-state index is -6.09. The topological polar surface area (TPSA) is 69.2 Å². The Balaban J connectivity index is 0.000000447. The minimum absolute atomic E-state index is 0.238. The number of nitrogens with zero attached hydrogens (tertiary/aromatic N) is 3. The van der Waals surface area contributed by atoms with Gasteiger partial charge in [-0.3, -0.25) is 4.90 Å². The fourth-order valence-electron chi connectivity index (χ4n) is 4.92. The number of imidazole rings is 1. The van der Waals surface area contributed by atoms with E-state index in [0.29, 0.717) is 12.1 Å². The molecule has 1 atom stereocenters. The van der Waals surface area contributed by atoms with E-state index in [1.54, 1.807) is 0 Å². The predicted octanol–water partition coefficient (Wildman–Crippen LogP) is 3.48. The van der Waals surface area contributed by atoms with Crippen LogP contribution in [0.1, 0.15) is 71.2 Å². The van der Waals surface area contributed by atoms with Gasteiger partial charge in [0.1, 0.15) is 17.4 Å². The van der Waals surface area contributed by atoms with Crippen LogP contribution in [0.25, 0.3) is 0 Å². The first-order valence-corrected chi connectivity index (χ1v) is 10.9. The zero-order valence-electron chi connectivity index (χ0n) is 19.0. The molecule has 1 aliphatic heterocycles. The van der Waals surface area contributed by atoms with E-state index in [1.807, 2.05) is 0 Å². The molecule has 6 nitrogen and oxygen atoms in total. The second-order valence-corrected chi connectivity index (χ2v) is 10.8. The van der Waals surface area contributed by atoms with Gasteiger partial charge in [0.25, 0.3) is 5.82 Å². The molecule has 1 aliphatic rings. The normalized spacial score (nSPS) is 22.0. The third-order valence-corrected chi connectivity index (χ3v) is 6.47. The maximum atomic E-state index is 10.7. The van der Waals surface area contributed by atoms with Crippen LogP contribution in [0.5, 0.6) is 0 Å². The summed E-state index contributed by atoms with van der Waals surface area (Å²) in [5.41, 5.74) is -2.39. The highest BCUT2D eigenvalue weighted by atomic mass is 32.2. The summed E-state index contributed by atoms with van der Waals surface area (Å²) in [6.45, 7) is 18.8. The Bertz CT molecular complexity index is 831. The van der Waals surface area contributed by atoms with Crippen molar-refractivity contribution in [2.75, 3.05) is 0 Å². The fraction of sp³-hybridized carbons (Fsp3) is 0.842. The van der Waals surface area contributed by atoms with E-state index in [1.165, 1.54) is 23.6 Å². The molecule has 2 rings (SSSR count). The highest BCUT2D eigenvalue weighted by Gasteiger charge is 2.56. The van der Waals surface area contributed by atoms with Crippen molar-refractivity contribution in [3.8, 4) is 0 Å². The van der Waals surface area contributed by atoms with Crippen LogP contribution in [-0.2, 0) is 24.2 Å². The lowest BCUT2D eigenvalue weighted by atomic mass is 9.81. The average Bonchev–Trinajstić information content (AvgIpc) is 2.78. The Morgan fingerprint density at radius 3 is 1.86 bits per heavy atom. The molecule has 0 aliphatic carbocycles. The Hall–Kier alpha value is -1.13. The Morgan fingerprint density at radius 2 is 1.59 bits per heavy atom. The zero-order chi connectivity index (χ0) is 23.3. The standard InChI is InChI=1S/C18H34N3.CHF3O3S/c1-12(2)21-15(17(5,6)11-18(21,7)8)16-19(9)13(3)14(4)20(16)10;2-1(3,4)8(5,6)7/h12,15H,11H2,1-10H3;(H,5,6,7)/q+1;/p-1/t15-;/m0./s1.